The van der Waals surface area contributed by atoms with Crippen LogP contribution in [0.25, 0.3) is 0 Å². The van der Waals surface area contributed by atoms with Crippen LogP contribution in [0.2, 0.25) is 5.02 Å². The molecule has 1 fully saturated rings. The summed E-state index contributed by atoms with van der Waals surface area (Å²) in [6, 6.07) is 8.46. The predicted molar refractivity (Wildman–Crippen MR) is 116 cm³/mol. The lowest BCUT2D eigenvalue weighted by atomic mass is 9.85. The second kappa shape index (κ2) is 9.76. The number of carbonyl (C=O) groups excluding carboxylic acids is 1. The van der Waals surface area contributed by atoms with E-state index in [1.54, 1.807) is 30.0 Å². The van der Waals surface area contributed by atoms with Gasteiger partial charge in [0.25, 0.3) is 5.91 Å². The number of hydrogen-bond acceptors (Lipinski definition) is 6. The first-order valence-corrected chi connectivity index (χ1v) is 10.7. The van der Waals surface area contributed by atoms with Crippen molar-refractivity contribution in [2.75, 3.05) is 19.7 Å². The third kappa shape index (κ3) is 5.09. The lowest BCUT2D eigenvalue weighted by Gasteiger charge is -2.27. The summed E-state index contributed by atoms with van der Waals surface area (Å²) in [5.74, 6) is -2.79. The summed E-state index contributed by atoms with van der Waals surface area (Å²) in [6.07, 6.45) is 2.04. The summed E-state index contributed by atoms with van der Waals surface area (Å²) in [7, 11) is 0. The van der Waals surface area contributed by atoms with E-state index in [1.165, 1.54) is 18.5 Å². The van der Waals surface area contributed by atoms with Gasteiger partial charge in [-0.15, -0.1) is 0 Å². The maximum absolute atomic E-state index is 14.0. The van der Waals surface area contributed by atoms with Crippen LogP contribution in [0.5, 0.6) is 5.88 Å². The fourth-order valence-electron chi connectivity index (χ4n) is 4.09. The Morgan fingerprint density at radius 3 is 2.70 bits per heavy atom. The number of likely N-dealkylation sites (tertiary alicyclic amines) is 1. The second-order valence-electron chi connectivity index (χ2n) is 7.89. The average Bonchev–Trinajstić information content (AvgIpc) is 3.25. The fraction of sp³-hybridized carbons (Fsp3) is 0.304. The van der Waals surface area contributed by atoms with Crippen molar-refractivity contribution in [3.05, 3.63) is 82.3 Å². The molecule has 1 aliphatic heterocycles. The van der Waals surface area contributed by atoms with E-state index in [0.717, 1.165) is 12.1 Å². The van der Waals surface area contributed by atoms with Gasteiger partial charge in [-0.25, -0.2) is 13.8 Å². The number of amides is 1. The lowest BCUT2D eigenvalue weighted by molar-refractivity contribution is 0.0578. The van der Waals surface area contributed by atoms with Crippen molar-refractivity contribution < 1.29 is 23.4 Å². The summed E-state index contributed by atoms with van der Waals surface area (Å²) in [4.78, 5) is 18.8. The SMILES string of the molecule is Cc1cc(C(=O)N2C[C@H]([C@H](CO)Oc3ccc(Cl)cn3)[C@@H](c3ccc(F)c(F)c3)C2)cnn1. The van der Waals surface area contributed by atoms with Crippen molar-refractivity contribution in [3.63, 3.8) is 0 Å². The largest absolute Gasteiger partial charge is 0.472 e. The van der Waals surface area contributed by atoms with E-state index < -0.39 is 29.6 Å². The molecule has 1 amide bonds. The standard InChI is InChI=1S/C23H21ClF2N4O3/c1-13-6-15(8-28-29-13)23(32)30-10-17(14-2-4-19(25)20(26)7-14)18(11-30)21(12-31)33-22-5-3-16(24)9-27-22/h2-9,17-18,21,31H,10-12H2,1H3/t17-,18+,21+/m1/s1. The maximum atomic E-state index is 14.0. The third-order valence-electron chi connectivity index (χ3n) is 5.68. The molecule has 0 bridgehead atoms. The average molecular weight is 475 g/mol. The molecule has 0 spiro atoms. The molecule has 4 rings (SSSR count). The molecular formula is C23H21ClF2N4O3. The van der Waals surface area contributed by atoms with E-state index in [4.69, 9.17) is 16.3 Å². The van der Waals surface area contributed by atoms with Gasteiger partial charge in [0.05, 0.1) is 29.1 Å². The van der Waals surface area contributed by atoms with Crippen LogP contribution >= 0.6 is 11.6 Å². The normalized spacial score (nSPS) is 18.9. The highest BCUT2D eigenvalue weighted by Gasteiger charge is 2.42. The van der Waals surface area contributed by atoms with Crippen LogP contribution in [0.3, 0.4) is 0 Å². The topological polar surface area (TPSA) is 88.4 Å². The van der Waals surface area contributed by atoms with Crippen molar-refractivity contribution in [1.29, 1.82) is 0 Å². The van der Waals surface area contributed by atoms with Gasteiger partial charge in [0.1, 0.15) is 6.10 Å². The van der Waals surface area contributed by atoms with Crippen LogP contribution in [-0.2, 0) is 0 Å². The van der Waals surface area contributed by atoms with Crippen LogP contribution in [0, 0.1) is 24.5 Å². The third-order valence-corrected chi connectivity index (χ3v) is 5.90. The molecule has 1 aliphatic rings. The van der Waals surface area contributed by atoms with Crippen LogP contribution in [0.15, 0.2) is 48.8 Å². The summed E-state index contributed by atoms with van der Waals surface area (Å²) in [6.45, 7) is 1.81. The van der Waals surface area contributed by atoms with E-state index in [-0.39, 0.29) is 31.5 Å². The van der Waals surface area contributed by atoms with Crippen LogP contribution in [-0.4, -0.2) is 56.9 Å². The Hall–Kier alpha value is -3.17. The van der Waals surface area contributed by atoms with Crippen molar-refractivity contribution in [3.8, 4) is 5.88 Å². The fourth-order valence-corrected chi connectivity index (χ4v) is 4.20. The Balaban J connectivity index is 1.65. The van der Waals surface area contributed by atoms with Gasteiger partial charge in [-0.3, -0.25) is 4.79 Å². The number of pyridine rings is 1. The summed E-state index contributed by atoms with van der Waals surface area (Å²) < 4.78 is 33.5. The van der Waals surface area contributed by atoms with Gasteiger partial charge in [-0.1, -0.05) is 17.7 Å². The molecule has 3 atom stereocenters. The Bertz CT molecular complexity index is 1150. The molecule has 2 aromatic heterocycles. The number of aryl methyl sites for hydroxylation is 1. The minimum Gasteiger partial charge on any atom is -0.472 e. The molecule has 1 saturated heterocycles. The summed E-state index contributed by atoms with van der Waals surface area (Å²) in [5, 5.41) is 18.2. The minimum atomic E-state index is -0.981. The van der Waals surface area contributed by atoms with Gasteiger partial charge in [-0.2, -0.15) is 10.2 Å². The number of halogens is 3. The number of ether oxygens (including phenoxy) is 1. The lowest BCUT2D eigenvalue weighted by Crippen LogP contribution is -2.36. The molecule has 0 aliphatic carbocycles. The molecule has 10 heteroatoms. The monoisotopic (exact) mass is 474 g/mol. The molecule has 33 heavy (non-hydrogen) atoms. The first kappa shape index (κ1) is 23.0. The molecule has 0 radical (unpaired) electrons. The van der Waals surface area contributed by atoms with Crippen molar-refractivity contribution in [1.82, 2.24) is 20.1 Å². The summed E-state index contributed by atoms with van der Waals surface area (Å²) >= 11 is 5.88. The number of rotatable bonds is 6. The zero-order chi connectivity index (χ0) is 23.5. The Morgan fingerprint density at radius 2 is 2.03 bits per heavy atom. The van der Waals surface area contributed by atoms with Gasteiger partial charge in [-0.05, 0) is 36.8 Å². The molecule has 3 aromatic rings. The van der Waals surface area contributed by atoms with Gasteiger partial charge in [0, 0.05) is 37.2 Å². The number of aliphatic hydroxyl groups excluding tert-OH is 1. The Morgan fingerprint density at radius 1 is 1.21 bits per heavy atom. The highest BCUT2D eigenvalue weighted by molar-refractivity contribution is 6.30. The van der Waals surface area contributed by atoms with Gasteiger partial charge >= 0.3 is 0 Å². The summed E-state index contributed by atoms with van der Waals surface area (Å²) in [5.41, 5.74) is 1.47. The van der Waals surface area contributed by atoms with Gasteiger partial charge < -0.3 is 14.7 Å². The highest BCUT2D eigenvalue weighted by atomic mass is 35.5. The van der Waals surface area contributed by atoms with Crippen LogP contribution < -0.4 is 4.74 Å². The first-order chi connectivity index (χ1) is 15.9. The van der Waals surface area contributed by atoms with Crippen molar-refractivity contribution in [2.45, 2.75) is 18.9 Å². The molecule has 0 saturated carbocycles. The molecule has 1 aromatic carbocycles. The quantitative estimate of drug-likeness (QED) is 0.589. The van der Waals surface area contributed by atoms with E-state index in [9.17, 15) is 18.7 Å². The molecule has 0 unspecified atom stereocenters. The zero-order valence-electron chi connectivity index (χ0n) is 17.7. The Labute approximate surface area is 194 Å². The van der Waals surface area contributed by atoms with E-state index in [1.807, 2.05) is 0 Å². The van der Waals surface area contributed by atoms with Gasteiger partial charge in [0.15, 0.2) is 11.6 Å². The predicted octanol–water partition coefficient (Wildman–Crippen LogP) is 3.41. The molecular weight excluding hydrogens is 454 g/mol. The number of aromatic nitrogens is 3. The second-order valence-corrected chi connectivity index (χ2v) is 8.33. The minimum absolute atomic E-state index is 0.225. The molecule has 1 N–H and O–H groups in total. The van der Waals surface area contributed by atoms with Crippen molar-refractivity contribution in [2.24, 2.45) is 5.92 Å². The first-order valence-electron chi connectivity index (χ1n) is 10.3. The number of nitrogens with zero attached hydrogens (tertiary/aromatic N) is 4. The van der Waals surface area contributed by atoms with E-state index >= 15 is 0 Å². The van der Waals surface area contributed by atoms with E-state index in [2.05, 4.69) is 15.2 Å². The molecule has 7 nitrogen and oxygen atoms in total. The van der Waals surface area contributed by atoms with Crippen LogP contribution in [0.1, 0.15) is 27.5 Å². The smallest absolute Gasteiger partial charge is 0.255 e. The van der Waals surface area contributed by atoms with Crippen LogP contribution in [0.4, 0.5) is 8.78 Å². The highest BCUT2D eigenvalue weighted by Crippen LogP contribution is 2.37. The number of aliphatic hydroxyl groups is 1. The molecule has 3 heterocycles. The number of benzene rings is 1. The van der Waals surface area contributed by atoms with Gasteiger partial charge in [0.2, 0.25) is 5.88 Å². The number of carbonyl (C=O) groups is 1. The molecule has 172 valence electrons. The van der Waals surface area contributed by atoms with Crippen molar-refractivity contribution >= 4 is 17.5 Å². The maximum Gasteiger partial charge on any atom is 0.255 e. The van der Waals surface area contributed by atoms with E-state index in [0.29, 0.717) is 21.8 Å². The Kier molecular flexibility index (Phi) is 6.80. The zero-order valence-corrected chi connectivity index (χ0v) is 18.4. The number of hydrogen-bond donors (Lipinski definition) is 1.